The maximum Gasteiger partial charge on any atom is 0.248 e. The molecule has 224 valence electrons. The van der Waals surface area contributed by atoms with Gasteiger partial charge < -0.3 is 24.5 Å². The summed E-state index contributed by atoms with van der Waals surface area (Å²) in [5, 5.41) is 9.32. The molecule has 3 unspecified atom stereocenters. The van der Waals surface area contributed by atoms with Gasteiger partial charge in [-0.05, 0) is 57.8 Å². The number of fused-ring (bicyclic) bond motifs is 1. The molecule has 1 spiro atoms. The molecule has 40 heavy (non-hydrogen) atoms. The molecule has 0 aromatic rings. The van der Waals surface area contributed by atoms with Crippen LogP contribution in [0, 0.1) is 17.8 Å². The summed E-state index contributed by atoms with van der Waals surface area (Å²) in [7, 11) is 0. The molecule has 2 bridgehead atoms. The molecule has 3 saturated heterocycles. The molecule has 1 N–H and O–H groups in total. The molecule has 3 heterocycles. The van der Waals surface area contributed by atoms with Crippen molar-refractivity contribution in [2.24, 2.45) is 17.8 Å². The lowest BCUT2D eigenvalue weighted by Crippen LogP contribution is -2.58. The second-order valence-corrected chi connectivity index (χ2v) is 12.7. The van der Waals surface area contributed by atoms with Crippen molar-refractivity contribution in [1.82, 2.24) is 14.7 Å². The van der Waals surface area contributed by atoms with E-state index in [1.165, 1.54) is 6.42 Å². The topological polar surface area (TPSA) is 90.4 Å². The second-order valence-electron chi connectivity index (χ2n) is 12.7. The third-order valence-electron chi connectivity index (χ3n) is 10.2. The number of hydrogen-bond acceptors (Lipinski definition) is 5. The molecular weight excluding hydrogens is 506 g/mol. The van der Waals surface area contributed by atoms with Crippen LogP contribution in [0.15, 0.2) is 25.3 Å². The zero-order valence-corrected chi connectivity index (χ0v) is 25.0. The van der Waals surface area contributed by atoms with Gasteiger partial charge in [-0.3, -0.25) is 14.4 Å². The van der Waals surface area contributed by atoms with Crippen molar-refractivity contribution in [2.75, 3.05) is 32.8 Å². The summed E-state index contributed by atoms with van der Waals surface area (Å²) < 4.78 is 6.95. The van der Waals surface area contributed by atoms with Crippen molar-refractivity contribution >= 4 is 17.7 Å². The lowest BCUT2D eigenvalue weighted by atomic mass is 9.62. The van der Waals surface area contributed by atoms with Crippen LogP contribution in [0.1, 0.15) is 85.0 Å². The minimum atomic E-state index is -1.03. The monoisotopic (exact) mass is 557 g/mol. The second kappa shape index (κ2) is 12.8. The SMILES string of the molecule is C=CCN(CCC)C(=O)[C@H]1[C@H]2C(=O)N(CCCCCO)C(C(=O)N(CC=C)C3CCCCC3)C23CC(C)[C@]1(C)O3. The molecule has 4 fully saturated rings. The first kappa shape index (κ1) is 30.8. The zero-order chi connectivity index (χ0) is 29.1. The molecule has 8 heteroatoms. The van der Waals surface area contributed by atoms with E-state index < -0.39 is 29.1 Å². The van der Waals surface area contributed by atoms with Gasteiger partial charge in [-0.2, -0.15) is 0 Å². The van der Waals surface area contributed by atoms with E-state index in [4.69, 9.17) is 4.74 Å². The summed E-state index contributed by atoms with van der Waals surface area (Å²) in [6.07, 6.45) is 12.3. The summed E-state index contributed by atoms with van der Waals surface area (Å²) >= 11 is 0. The van der Waals surface area contributed by atoms with Gasteiger partial charge in [0.05, 0.1) is 17.4 Å². The number of aliphatic hydroxyl groups excluding tert-OH is 1. The Hall–Kier alpha value is -2.19. The normalized spacial score (nSPS) is 33.2. The molecule has 0 aromatic carbocycles. The van der Waals surface area contributed by atoms with Crippen molar-refractivity contribution in [1.29, 1.82) is 0 Å². The van der Waals surface area contributed by atoms with Gasteiger partial charge in [-0.15, -0.1) is 13.2 Å². The van der Waals surface area contributed by atoms with Crippen molar-refractivity contribution in [2.45, 2.75) is 108 Å². The van der Waals surface area contributed by atoms with Gasteiger partial charge in [-0.1, -0.05) is 45.3 Å². The molecule has 0 radical (unpaired) electrons. The third-order valence-corrected chi connectivity index (χ3v) is 10.2. The number of amides is 3. The molecule has 4 rings (SSSR count). The van der Waals surface area contributed by atoms with E-state index in [1.807, 2.05) is 18.7 Å². The standard InChI is InChI=1S/C32H51N3O5/c1-6-17-33(18-7-2)28(37)25-26-29(38)35(20-13-10-14-21-36)27(32(26)22-23(4)31(25,5)40-32)30(39)34(19-8-3)24-15-11-9-12-16-24/h6,8,23-27,36H,1,3,7,9-22H2,2,4-5H3/t23?,25-,26+,27?,31+,32?/m1/s1. The number of likely N-dealkylation sites (tertiary alicyclic amines) is 1. The van der Waals surface area contributed by atoms with Crippen molar-refractivity contribution in [3.05, 3.63) is 25.3 Å². The van der Waals surface area contributed by atoms with E-state index in [0.717, 1.165) is 38.5 Å². The predicted molar refractivity (Wildman–Crippen MR) is 155 cm³/mol. The van der Waals surface area contributed by atoms with Crippen molar-refractivity contribution in [3.8, 4) is 0 Å². The molecular formula is C32H51N3O5. The summed E-state index contributed by atoms with van der Waals surface area (Å²) in [5.74, 6) is -1.58. The van der Waals surface area contributed by atoms with E-state index in [9.17, 15) is 19.5 Å². The number of nitrogens with zero attached hydrogens (tertiary/aromatic N) is 3. The first-order valence-corrected chi connectivity index (χ1v) is 15.6. The first-order valence-electron chi connectivity index (χ1n) is 15.6. The quantitative estimate of drug-likeness (QED) is 0.258. The van der Waals surface area contributed by atoms with Gasteiger partial charge in [0.25, 0.3) is 0 Å². The van der Waals surface area contributed by atoms with Crippen LogP contribution in [0.25, 0.3) is 0 Å². The average molecular weight is 558 g/mol. The lowest BCUT2D eigenvalue weighted by Gasteiger charge is -2.41. The zero-order valence-electron chi connectivity index (χ0n) is 25.0. The Morgan fingerprint density at radius 1 is 1.10 bits per heavy atom. The number of rotatable bonds is 14. The minimum absolute atomic E-state index is 0.0184. The Kier molecular flexibility index (Phi) is 9.82. The Morgan fingerprint density at radius 3 is 2.42 bits per heavy atom. The number of aliphatic hydroxyl groups is 1. The van der Waals surface area contributed by atoms with Crippen LogP contribution in [-0.4, -0.2) is 93.6 Å². The highest BCUT2D eigenvalue weighted by atomic mass is 16.5. The smallest absolute Gasteiger partial charge is 0.248 e. The molecule has 8 nitrogen and oxygen atoms in total. The Bertz CT molecular complexity index is 964. The third kappa shape index (κ3) is 5.15. The minimum Gasteiger partial charge on any atom is -0.396 e. The molecule has 6 atom stereocenters. The van der Waals surface area contributed by atoms with Gasteiger partial charge in [0, 0.05) is 38.8 Å². The maximum atomic E-state index is 14.7. The molecule has 4 aliphatic rings. The predicted octanol–water partition coefficient (Wildman–Crippen LogP) is 3.93. The van der Waals surface area contributed by atoms with E-state index in [-0.39, 0.29) is 36.3 Å². The highest BCUT2D eigenvalue weighted by molar-refractivity contribution is 5.99. The van der Waals surface area contributed by atoms with Crippen LogP contribution in [0.3, 0.4) is 0 Å². The van der Waals surface area contributed by atoms with E-state index in [1.54, 1.807) is 22.0 Å². The highest BCUT2D eigenvalue weighted by Crippen LogP contribution is 2.65. The molecule has 1 saturated carbocycles. The number of carbonyl (C=O) groups excluding carboxylic acids is 3. The van der Waals surface area contributed by atoms with Gasteiger partial charge in [0.15, 0.2) is 0 Å². The van der Waals surface area contributed by atoms with E-state index in [2.05, 4.69) is 20.1 Å². The fourth-order valence-electron chi connectivity index (χ4n) is 8.23. The van der Waals surface area contributed by atoms with Gasteiger partial charge in [-0.25, -0.2) is 0 Å². The molecule has 1 aliphatic carbocycles. The Labute approximate surface area is 240 Å². The van der Waals surface area contributed by atoms with Gasteiger partial charge in [0.1, 0.15) is 11.6 Å². The number of ether oxygens (including phenoxy) is 1. The van der Waals surface area contributed by atoms with Gasteiger partial charge in [0.2, 0.25) is 17.7 Å². The van der Waals surface area contributed by atoms with Crippen molar-refractivity contribution < 1.29 is 24.2 Å². The fraction of sp³-hybridized carbons (Fsp3) is 0.781. The summed E-state index contributed by atoms with van der Waals surface area (Å²) in [6, 6.07) is -0.639. The van der Waals surface area contributed by atoms with Crippen molar-refractivity contribution in [3.63, 3.8) is 0 Å². The summed E-state index contributed by atoms with van der Waals surface area (Å²) in [4.78, 5) is 48.8. The molecule has 0 aromatic heterocycles. The molecule has 3 amide bonds. The fourth-order valence-corrected chi connectivity index (χ4v) is 8.23. The van der Waals surface area contributed by atoms with E-state index >= 15 is 0 Å². The van der Waals surface area contributed by atoms with Crippen LogP contribution in [0.5, 0.6) is 0 Å². The van der Waals surface area contributed by atoms with Crippen LogP contribution >= 0.6 is 0 Å². The maximum absolute atomic E-state index is 14.7. The Balaban J connectivity index is 1.76. The van der Waals surface area contributed by atoms with Crippen LogP contribution in [0.4, 0.5) is 0 Å². The van der Waals surface area contributed by atoms with Gasteiger partial charge >= 0.3 is 0 Å². The lowest BCUT2D eigenvalue weighted by molar-refractivity contribution is -0.156. The highest BCUT2D eigenvalue weighted by Gasteiger charge is 2.80. The number of unbranched alkanes of at least 4 members (excludes halogenated alkanes) is 2. The largest absolute Gasteiger partial charge is 0.396 e. The summed E-state index contributed by atoms with van der Waals surface area (Å²) in [6.45, 7) is 15.9. The van der Waals surface area contributed by atoms with Crippen LogP contribution in [0.2, 0.25) is 0 Å². The van der Waals surface area contributed by atoms with Crippen LogP contribution < -0.4 is 0 Å². The summed E-state index contributed by atoms with van der Waals surface area (Å²) in [5.41, 5.74) is -1.85. The number of carbonyl (C=O) groups is 3. The average Bonchev–Trinajstić information content (AvgIpc) is 3.45. The Morgan fingerprint density at radius 2 is 1.80 bits per heavy atom. The van der Waals surface area contributed by atoms with E-state index in [0.29, 0.717) is 45.4 Å². The van der Waals surface area contributed by atoms with Crippen LogP contribution in [-0.2, 0) is 19.1 Å². The number of hydrogen-bond donors (Lipinski definition) is 1. The first-order chi connectivity index (χ1) is 19.2. The molecule has 3 aliphatic heterocycles.